The van der Waals surface area contributed by atoms with E-state index >= 15 is 0 Å². The molecule has 5 nitrogen and oxygen atoms in total. The lowest BCUT2D eigenvalue weighted by Gasteiger charge is -2.26. The second-order valence-electron chi connectivity index (χ2n) is 6.12. The lowest BCUT2D eigenvalue weighted by molar-refractivity contribution is 0.0724. The number of methoxy groups -OCH3 is 1. The van der Waals surface area contributed by atoms with Gasteiger partial charge in [-0.3, -0.25) is 9.59 Å². The molecule has 1 aliphatic rings. The molecule has 1 N–H and O–H groups in total. The number of hydrogen-bond donors (Lipinski definition) is 1. The molecule has 0 spiro atoms. The van der Waals surface area contributed by atoms with Gasteiger partial charge in [0, 0.05) is 36.0 Å². The van der Waals surface area contributed by atoms with Gasteiger partial charge in [-0.25, -0.2) is 0 Å². The van der Waals surface area contributed by atoms with Gasteiger partial charge in [0.25, 0.3) is 11.8 Å². The van der Waals surface area contributed by atoms with E-state index in [9.17, 15) is 9.59 Å². The van der Waals surface area contributed by atoms with E-state index in [4.69, 9.17) is 4.74 Å². The lowest BCUT2D eigenvalue weighted by atomic mass is 10.1. The molecule has 0 saturated carbocycles. The van der Waals surface area contributed by atoms with Crippen LogP contribution in [0.2, 0.25) is 0 Å². The van der Waals surface area contributed by atoms with Gasteiger partial charge >= 0.3 is 0 Å². The van der Waals surface area contributed by atoms with Crippen molar-refractivity contribution < 1.29 is 14.3 Å². The number of likely N-dealkylation sites (tertiary alicyclic amines) is 1. The van der Waals surface area contributed by atoms with Crippen molar-refractivity contribution in [1.29, 1.82) is 0 Å². The summed E-state index contributed by atoms with van der Waals surface area (Å²) < 4.78 is 5.16. The molecule has 1 aliphatic heterocycles. The summed E-state index contributed by atoms with van der Waals surface area (Å²) in [6.45, 7) is 1.58. The molecule has 3 rings (SSSR count). The fraction of sp³-hybridized carbons (Fsp3) is 0.300. The Bertz CT molecular complexity index is 767. The van der Waals surface area contributed by atoms with Gasteiger partial charge in [0.2, 0.25) is 0 Å². The first-order chi connectivity index (χ1) is 12.2. The number of carbonyl (C=O) groups excluding carboxylic acids is 2. The largest absolute Gasteiger partial charge is 0.497 e. The fourth-order valence-electron chi connectivity index (χ4n) is 2.98. The van der Waals surface area contributed by atoms with Gasteiger partial charge in [0.05, 0.1) is 7.11 Å². The predicted molar refractivity (Wildman–Crippen MR) is 97.1 cm³/mol. The Morgan fingerprint density at radius 1 is 0.960 bits per heavy atom. The number of rotatable bonds is 4. The third-order valence-electron chi connectivity index (χ3n) is 4.34. The van der Waals surface area contributed by atoms with Crippen LogP contribution in [0.3, 0.4) is 0 Å². The van der Waals surface area contributed by atoms with Crippen LogP contribution in [0.15, 0.2) is 48.5 Å². The van der Waals surface area contributed by atoms with Crippen LogP contribution in [0.5, 0.6) is 5.75 Å². The number of carbonyl (C=O) groups is 2. The van der Waals surface area contributed by atoms with Gasteiger partial charge in [-0.2, -0.15) is 0 Å². The Kier molecular flexibility index (Phi) is 5.33. The Morgan fingerprint density at radius 3 is 2.44 bits per heavy atom. The Hall–Kier alpha value is -2.82. The van der Waals surface area contributed by atoms with Gasteiger partial charge in [0.15, 0.2) is 0 Å². The van der Waals surface area contributed by atoms with Gasteiger partial charge in [-0.05, 0) is 49.6 Å². The van der Waals surface area contributed by atoms with E-state index in [1.807, 2.05) is 17.0 Å². The normalized spacial score (nSPS) is 14.0. The first kappa shape index (κ1) is 17.0. The van der Waals surface area contributed by atoms with Crippen molar-refractivity contribution in [2.75, 3.05) is 25.5 Å². The first-order valence-corrected chi connectivity index (χ1v) is 8.52. The average Bonchev–Trinajstić information content (AvgIpc) is 2.68. The highest BCUT2D eigenvalue weighted by Gasteiger charge is 2.19. The summed E-state index contributed by atoms with van der Waals surface area (Å²) in [6.07, 6.45) is 3.26. The zero-order valence-electron chi connectivity index (χ0n) is 14.3. The number of benzene rings is 2. The summed E-state index contributed by atoms with van der Waals surface area (Å²) in [7, 11) is 1.58. The van der Waals surface area contributed by atoms with Crippen molar-refractivity contribution in [3.8, 4) is 5.75 Å². The highest BCUT2D eigenvalue weighted by Crippen LogP contribution is 2.18. The van der Waals surface area contributed by atoms with E-state index in [-0.39, 0.29) is 11.8 Å². The number of nitrogens with zero attached hydrogens (tertiary/aromatic N) is 1. The molecular weight excluding hydrogens is 316 g/mol. The van der Waals surface area contributed by atoms with Gasteiger partial charge in [-0.15, -0.1) is 0 Å². The van der Waals surface area contributed by atoms with E-state index in [0.717, 1.165) is 25.9 Å². The molecule has 5 heteroatoms. The molecule has 2 amide bonds. The molecule has 0 atom stereocenters. The highest BCUT2D eigenvalue weighted by molar-refractivity contribution is 6.06. The van der Waals surface area contributed by atoms with Crippen LogP contribution in [0.1, 0.15) is 40.0 Å². The monoisotopic (exact) mass is 338 g/mol. The molecule has 0 aromatic heterocycles. The quantitative estimate of drug-likeness (QED) is 0.927. The van der Waals surface area contributed by atoms with Crippen molar-refractivity contribution >= 4 is 17.5 Å². The smallest absolute Gasteiger partial charge is 0.255 e. The molecule has 2 aromatic rings. The Labute approximate surface area is 147 Å². The molecule has 0 aliphatic carbocycles. The molecule has 0 radical (unpaired) electrons. The van der Waals surface area contributed by atoms with Gasteiger partial charge in [0.1, 0.15) is 5.75 Å². The molecule has 25 heavy (non-hydrogen) atoms. The van der Waals surface area contributed by atoms with Gasteiger partial charge < -0.3 is 15.0 Å². The van der Waals surface area contributed by atoms with Crippen molar-refractivity contribution in [2.45, 2.75) is 19.3 Å². The van der Waals surface area contributed by atoms with Crippen molar-refractivity contribution in [2.24, 2.45) is 0 Å². The van der Waals surface area contributed by atoms with Gasteiger partial charge in [-0.1, -0.05) is 12.1 Å². The van der Waals surface area contributed by atoms with E-state index < -0.39 is 0 Å². The number of hydrogen-bond acceptors (Lipinski definition) is 3. The molecule has 130 valence electrons. The van der Waals surface area contributed by atoms with Crippen LogP contribution < -0.4 is 10.1 Å². The SMILES string of the molecule is COc1cccc(NC(=O)c2cccc(C(=O)N3CCCCC3)c2)c1. The maximum Gasteiger partial charge on any atom is 0.255 e. The molecule has 0 unspecified atom stereocenters. The van der Waals surface area contributed by atoms with E-state index in [1.165, 1.54) is 6.42 Å². The maximum absolute atomic E-state index is 12.6. The predicted octanol–water partition coefficient (Wildman–Crippen LogP) is 3.57. The minimum absolute atomic E-state index is 0.00395. The second-order valence-corrected chi connectivity index (χ2v) is 6.12. The topological polar surface area (TPSA) is 58.6 Å². The van der Waals surface area contributed by atoms with Crippen molar-refractivity contribution in [3.05, 3.63) is 59.7 Å². The molecule has 1 fully saturated rings. The molecule has 1 saturated heterocycles. The number of amides is 2. The van der Waals surface area contributed by atoms with Crippen molar-refractivity contribution in [3.63, 3.8) is 0 Å². The summed E-state index contributed by atoms with van der Waals surface area (Å²) >= 11 is 0. The van der Waals surface area contributed by atoms with Crippen LogP contribution in [0, 0.1) is 0 Å². The lowest BCUT2D eigenvalue weighted by Crippen LogP contribution is -2.35. The fourth-order valence-corrected chi connectivity index (χ4v) is 2.98. The standard InChI is InChI=1S/C20H22N2O3/c1-25-18-10-6-9-17(14-18)21-19(23)15-7-5-8-16(13-15)20(24)22-11-3-2-4-12-22/h5-10,13-14H,2-4,11-12H2,1H3,(H,21,23). The minimum atomic E-state index is -0.249. The molecular formula is C20H22N2O3. The number of anilines is 1. The summed E-state index contributed by atoms with van der Waals surface area (Å²) in [5.41, 5.74) is 1.67. The molecule has 1 heterocycles. The third kappa shape index (κ3) is 4.18. The van der Waals surface area contributed by atoms with Crippen LogP contribution in [-0.2, 0) is 0 Å². The average molecular weight is 338 g/mol. The summed E-state index contributed by atoms with van der Waals surface area (Å²) in [6, 6.07) is 14.0. The third-order valence-corrected chi connectivity index (χ3v) is 4.34. The highest BCUT2D eigenvalue weighted by atomic mass is 16.5. The first-order valence-electron chi connectivity index (χ1n) is 8.52. The number of piperidine rings is 1. The maximum atomic E-state index is 12.6. The zero-order chi connectivity index (χ0) is 17.6. The summed E-state index contributed by atoms with van der Waals surface area (Å²) in [5.74, 6) is 0.420. The van der Waals surface area contributed by atoms with E-state index in [2.05, 4.69) is 5.32 Å². The molecule has 0 bridgehead atoms. The van der Waals surface area contributed by atoms with Crippen molar-refractivity contribution in [1.82, 2.24) is 4.90 Å². The Balaban J connectivity index is 1.73. The van der Waals surface area contributed by atoms with Crippen LogP contribution >= 0.6 is 0 Å². The summed E-state index contributed by atoms with van der Waals surface area (Å²) in [4.78, 5) is 26.9. The Morgan fingerprint density at radius 2 is 1.68 bits per heavy atom. The van der Waals surface area contributed by atoms with Crippen LogP contribution in [0.25, 0.3) is 0 Å². The van der Waals surface area contributed by atoms with E-state index in [0.29, 0.717) is 22.6 Å². The van der Waals surface area contributed by atoms with E-state index in [1.54, 1.807) is 43.5 Å². The second kappa shape index (κ2) is 7.83. The molecule has 2 aromatic carbocycles. The number of nitrogens with one attached hydrogen (secondary N) is 1. The van der Waals surface area contributed by atoms with Crippen LogP contribution in [0.4, 0.5) is 5.69 Å². The summed E-state index contributed by atoms with van der Waals surface area (Å²) in [5, 5.41) is 2.83. The number of ether oxygens (including phenoxy) is 1. The minimum Gasteiger partial charge on any atom is -0.497 e. The zero-order valence-corrected chi connectivity index (χ0v) is 14.3. The van der Waals surface area contributed by atoms with Crippen LogP contribution in [-0.4, -0.2) is 36.9 Å².